The standard InChI is InChI=1S/C14H16N4OS/c1-2-15-14(20)17-16-10-12-4-3-9-18(12)11-5-7-13(19)8-6-11/h3-10,19H,2H2,1H3,(H2,15,17,20)/b16-10-. The molecule has 1 heterocycles. The zero-order valence-corrected chi connectivity index (χ0v) is 11.9. The largest absolute Gasteiger partial charge is 0.508 e. The van der Waals surface area contributed by atoms with Crippen LogP contribution in [0.1, 0.15) is 12.6 Å². The van der Waals surface area contributed by atoms with Crippen LogP contribution in [0.2, 0.25) is 0 Å². The summed E-state index contributed by atoms with van der Waals surface area (Å²) >= 11 is 5.02. The average Bonchev–Trinajstić information content (AvgIpc) is 2.88. The second-order valence-electron chi connectivity index (χ2n) is 4.05. The van der Waals surface area contributed by atoms with Gasteiger partial charge in [-0.3, -0.25) is 5.43 Å². The minimum Gasteiger partial charge on any atom is -0.508 e. The van der Waals surface area contributed by atoms with Gasteiger partial charge in [0.1, 0.15) is 5.75 Å². The number of nitrogens with one attached hydrogen (secondary N) is 2. The van der Waals surface area contributed by atoms with Crippen molar-refractivity contribution in [2.75, 3.05) is 6.54 Å². The molecular weight excluding hydrogens is 272 g/mol. The van der Waals surface area contributed by atoms with Crippen molar-refractivity contribution in [1.82, 2.24) is 15.3 Å². The number of hydrazone groups is 1. The SMILES string of the molecule is CCNC(=S)N/N=C\c1cccn1-c1ccc(O)cc1. The van der Waals surface area contributed by atoms with Crippen LogP contribution in [-0.4, -0.2) is 27.5 Å². The Hall–Kier alpha value is -2.34. The molecule has 0 aliphatic heterocycles. The third-order valence-corrected chi connectivity index (χ3v) is 2.84. The Morgan fingerprint density at radius 3 is 2.80 bits per heavy atom. The number of aromatic hydroxyl groups is 1. The van der Waals surface area contributed by atoms with Gasteiger partial charge in [-0.05, 0) is 55.5 Å². The molecule has 2 aromatic rings. The molecule has 2 rings (SSSR count). The van der Waals surface area contributed by atoms with Gasteiger partial charge in [0.2, 0.25) is 0 Å². The Morgan fingerprint density at radius 2 is 2.10 bits per heavy atom. The number of phenols is 1. The lowest BCUT2D eigenvalue weighted by Gasteiger charge is -2.06. The molecule has 0 saturated carbocycles. The Balaban J connectivity index is 2.11. The Labute approximate surface area is 122 Å². The lowest BCUT2D eigenvalue weighted by Crippen LogP contribution is -2.31. The van der Waals surface area contributed by atoms with Crippen molar-refractivity contribution in [2.24, 2.45) is 5.10 Å². The van der Waals surface area contributed by atoms with Crippen LogP contribution < -0.4 is 10.7 Å². The highest BCUT2D eigenvalue weighted by Crippen LogP contribution is 2.15. The van der Waals surface area contributed by atoms with Crippen LogP contribution in [0.5, 0.6) is 5.75 Å². The van der Waals surface area contributed by atoms with E-state index in [0.29, 0.717) is 5.11 Å². The fourth-order valence-electron chi connectivity index (χ4n) is 1.70. The normalized spacial score (nSPS) is 10.7. The maximum atomic E-state index is 9.31. The number of rotatable bonds is 4. The van der Waals surface area contributed by atoms with Gasteiger partial charge in [-0.15, -0.1) is 0 Å². The molecule has 6 heteroatoms. The van der Waals surface area contributed by atoms with E-state index in [0.717, 1.165) is 17.9 Å². The predicted octanol–water partition coefficient (Wildman–Crippen LogP) is 2.00. The minimum atomic E-state index is 0.244. The van der Waals surface area contributed by atoms with E-state index in [1.807, 2.05) is 42.0 Å². The zero-order valence-electron chi connectivity index (χ0n) is 11.1. The van der Waals surface area contributed by atoms with E-state index in [1.54, 1.807) is 18.3 Å². The summed E-state index contributed by atoms with van der Waals surface area (Å²) in [5.41, 5.74) is 4.60. The van der Waals surface area contributed by atoms with Gasteiger partial charge in [-0.2, -0.15) is 5.10 Å². The van der Waals surface area contributed by atoms with Gasteiger partial charge >= 0.3 is 0 Å². The van der Waals surface area contributed by atoms with Crippen LogP contribution in [0, 0.1) is 0 Å². The molecule has 1 aromatic heterocycles. The molecule has 0 bridgehead atoms. The molecule has 0 unspecified atom stereocenters. The number of hydrogen-bond donors (Lipinski definition) is 3. The summed E-state index contributed by atoms with van der Waals surface area (Å²) in [6.07, 6.45) is 3.62. The molecule has 3 N–H and O–H groups in total. The van der Waals surface area contributed by atoms with Gasteiger partial charge in [-0.1, -0.05) is 0 Å². The smallest absolute Gasteiger partial charge is 0.186 e. The van der Waals surface area contributed by atoms with Gasteiger partial charge in [0.25, 0.3) is 0 Å². The third-order valence-electron chi connectivity index (χ3n) is 2.61. The quantitative estimate of drug-likeness (QED) is 0.457. The van der Waals surface area contributed by atoms with Crippen molar-refractivity contribution in [3.05, 3.63) is 48.3 Å². The fraction of sp³-hybridized carbons (Fsp3) is 0.143. The molecule has 104 valence electrons. The van der Waals surface area contributed by atoms with E-state index >= 15 is 0 Å². The molecule has 20 heavy (non-hydrogen) atoms. The highest BCUT2D eigenvalue weighted by Gasteiger charge is 2.01. The summed E-state index contributed by atoms with van der Waals surface area (Å²) in [6.45, 7) is 2.72. The van der Waals surface area contributed by atoms with Crippen LogP contribution in [0.4, 0.5) is 0 Å². The minimum absolute atomic E-state index is 0.244. The number of thiocarbonyl (C=S) groups is 1. The van der Waals surface area contributed by atoms with Gasteiger partial charge in [-0.25, -0.2) is 0 Å². The first-order valence-electron chi connectivity index (χ1n) is 6.24. The first kappa shape index (κ1) is 14.1. The molecule has 0 atom stereocenters. The molecule has 0 amide bonds. The number of hydrogen-bond acceptors (Lipinski definition) is 3. The lowest BCUT2D eigenvalue weighted by molar-refractivity contribution is 0.475. The molecule has 5 nitrogen and oxygen atoms in total. The van der Waals surface area contributed by atoms with Crippen LogP contribution in [-0.2, 0) is 0 Å². The van der Waals surface area contributed by atoms with E-state index < -0.39 is 0 Å². The molecule has 0 fully saturated rings. The molecule has 0 aliphatic carbocycles. The topological polar surface area (TPSA) is 61.6 Å². The van der Waals surface area contributed by atoms with Crippen LogP contribution in [0.15, 0.2) is 47.7 Å². The monoisotopic (exact) mass is 288 g/mol. The number of benzene rings is 1. The van der Waals surface area contributed by atoms with Crippen LogP contribution >= 0.6 is 12.2 Å². The van der Waals surface area contributed by atoms with Gasteiger partial charge in [0.05, 0.1) is 11.9 Å². The van der Waals surface area contributed by atoms with Crippen molar-refractivity contribution in [2.45, 2.75) is 6.92 Å². The summed E-state index contributed by atoms with van der Waals surface area (Å²) in [5.74, 6) is 0.244. The second kappa shape index (κ2) is 6.72. The summed E-state index contributed by atoms with van der Waals surface area (Å²) in [4.78, 5) is 0. The molecule has 0 spiro atoms. The van der Waals surface area contributed by atoms with Gasteiger partial charge < -0.3 is 15.0 Å². The van der Waals surface area contributed by atoms with Crippen LogP contribution in [0.3, 0.4) is 0 Å². The Bertz CT molecular complexity index is 604. The molecule has 0 aliphatic rings. The maximum absolute atomic E-state index is 9.31. The first-order valence-corrected chi connectivity index (χ1v) is 6.65. The summed E-state index contributed by atoms with van der Waals surface area (Å²) < 4.78 is 1.96. The Morgan fingerprint density at radius 1 is 1.35 bits per heavy atom. The van der Waals surface area contributed by atoms with E-state index in [9.17, 15) is 5.11 Å². The van der Waals surface area contributed by atoms with E-state index in [4.69, 9.17) is 12.2 Å². The Kier molecular flexibility index (Phi) is 4.73. The average molecular weight is 288 g/mol. The van der Waals surface area contributed by atoms with E-state index in [1.165, 1.54) is 0 Å². The number of phenolic OH excluding ortho intramolecular Hbond substituents is 1. The van der Waals surface area contributed by atoms with Crippen molar-refractivity contribution in [3.63, 3.8) is 0 Å². The van der Waals surface area contributed by atoms with Crippen molar-refractivity contribution >= 4 is 23.5 Å². The summed E-state index contributed by atoms with van der Waals surface area (Å²) in [7, 11) is 0. The van der Waals surface area contributed by atoms with Crippen LogP contribution in [0.25, 0.3) is 5.69 Å². The van der Waals surface area contributed by atoms with E-state index in [2.05, 4.69) is 15.8 Å². The first-order chi connectivity index (χ1) is 9.70. The third kappa shape index (κ3) is 3.58. The number of nitrogens with zero attached hydrogens (tertiary/aromatic N) is 2. The fourth-order valence-corrected chi connectivity index (χ4v) is 1.90. The van der Waals surface area contributed by atoms with Crippen molar-refractivity contribution in [1.29, 1.82) is 0 Å². The summed E-state index contributed by atoms with van der Waals surface area (Å²) in [5, 5.41) is 16.8. The lowest BCUT2D eigenvalue weighted by atomic mass is 10.3. The number of aromatic nitrogens is 1. The van der Waals surface area contributed by atoms with Crippen molar-refractivity contribution < 1.29 is 5.11 Å². The summed E-state index contributed by atoms with van der Waals surface area (Å²) in [6, 6.07) is 10.8. The molecule has 1 aromatic carbocycles. The second-order valence-corrected chi connectivity index (χ2v) is 4.46. The highest BCUT2D eigenvalue weighted by atomic mass is 32.1. The van der Waals surface area contributed by atoms with Gasteiger partial charge in [0, 0.05) is 18.4 Å². The van der Waals surface area contributed by atoms with Crippen molar-refractivity contribution in [3.8, 4) is 11.4 Å². The molecular formula is C14H16N4OS. The van der Waals surface area contributed by atoms with Gasteiger partial charge in [0.15, 0.2) is 5.11 Å². The zero-order chi connectivity index (χ0) is 14.4. The highest BCUT2D eigenvalue weighted by molar-refractivity contribution is 7.80. The molecule has 0 saturated heterocycles. The predicted molar refractivity (Wildman–Crippen MR) is 84.4 cm³/mol. The van der Waals surface area contributed by atoms with E-state index in [-0.39, 0.29) is 5.75 Å². The molecule has 0 radical (unpaired) electrons. The maximum Gasteiger partial charge on any atom is 0.186 e.